The first-order valence-corrected chi connectivity index (χ1v) is 7.71. The Labute approximate surface area is 123 Å². The van der Waals surface area contributed by atoms with Crippen LogP contribution in [0.5, 0.6) is 0 Å². The van der Waals surface area contributed by atoms with E-state index in [9.17, 15) is 0 Å². The lowest BCUT2D eigenvalue weighted by atomic mass is 10.3. The number of morpholine rings is 1. The molecule has 0 bridgehead atoms. The van der Waals surface area contributed by atoms with E-state index in [1.54, 1.807) is 0 Å². The molecule has 0 aromatic carbocycles. The topological polar surface area (TPSA) is 37.4 Å². The molecule has 4 nitrogen and oxygen atoms in total. The molecule has 1 aliphatic rings. The van der Waals surface area contributed by atoms with E-state index in [0.717, 1.165) is 44.4 Å². The molecule has 2 aromatic rings. The van der Waals surface area contributed by atoms with Gasteiger partial charge in [0.25, 0.3) is 0 Å². The van der Waals surface area contributed by atoms with E-state index >= 15 is 0 Å². The van der Waals surface area contributed by atoms with E-state index in [4.69, 9.17) is 4.74 Å². The Kier molecular flexibility index (Phi) is 4.18. The molecule has 5 heteroatoms. The summed E-state index contributed by atoms with van der Waals surface area (Å²) in [6.07, 6.45) is 1.91. The molecule has 1 fully saturated rings. The summed E-state index contributed by atoms with van der Waals surface area (Å²) in [5.74, 6) is 1.03. The monoisotopic (exact) mass is 289 g/mol. The summed E-state index contributed by atoms with van der Waals surface area (Å²) in [6, 6.07) is 8.50. The first kappa shape index (κ1) is 13.4. The van der Waals surface area contributed by atoms with E-state index in [2.05, 4.69) is 46.4 Å². The van der Waals surface area contributed by atoms with Gasteiger partial charge in [-0.3, -0.25) is 0 Å². The summed E-state index contributed by atoms with van der Waals surface area (Å²) in [5, 5.41) is 3.41. The standard InChI is InChI=1S/C15H19N3OS/c1-12-2-4-14(20-12)11-16-13-3-5-15(17-10-13)18-6-8-19-9-7-18/h2-5,10,16H,6-9,11H2,1H3. The fourth-order valence-electron chi connectivity index (χ4n) is 2.24. The van der Waals surface area contributed by atoms with E-state index in [1.807, 2.05) is 17.5 Å². The Balaban J connectivity index is 1.58. The summed E-state index contributed by atoms with van der Waals surface area (Å²) in [5.41, 5.74) is 1.06. The van der Waals surface area contributed by atoms with Gasteiger partial charge in [-0.1, -0.05) is 0 Å². The van der Waals surface area contributed by atoms with Crippen molar-refractivity contribution in [2.75, 3.05) is 36.5 Å². The summed E-state index contributed by atoms with van der Waals surface area (Å²) >= 11 is 1.83. The van der Waals surface area contributed by atoms with Crippen LogP contribution in [0, 0.1) is 6.92 Å². The van der Waals surface area contributed by atoms with Crippen molar-refractivity contribution in [1.29, 1.82) is 0 Å². The first-order valence-electron chi connectivity index (χ1n) is 6.89. The van der Waals surface area contributed by atoms with Crippen LogP contribution in [0.3, 0.4) is 0 Å². The van der Waals surface area contributed by atoms with Gasteiger partial charge in [-0.05, 0) is 31.2 Å². The fourth-order valence-corrected chi connectivity index (χ4v) is 3.07. The van der Waals surface area contributed by atoms with Crippen LogP contribution in [0.15, 0.2) is 30.5 Å². The van der Waals surface area contributed by atoms with Gasteiger partial charge in [-0.25, -0.2) is 4.98 Å². The minimum atomic E-state index is 0.791. The van der Waals surface area contributed by atoms with E-state index in [0.29, 0.717) is 0 Å². The maximum atomic E-state index is 5.35. The SMILES string of the molecule is Cc1ccc(CNc2ccc(N3CCOCC3)nc2)s1. The smallest absolute Gasteiger partial charge is 0.128 e. The van der Waals surface area contributed by atoms with Gasteiger partial charge in [0, 0.05) is 29.4 Å². The summed E-state index contributed by atoms with van der Waals surface area (Å²) in [7, 11) is 0. The normalized spacial score (nSPS) is 15.3. The number of ether oxygens (including phenoxy) is 1. The van der Waals surface area contributed by atoms with Crippen LogP contribution in [-0.2, 0) is 11.3 Å². The van der Waals surface area contributed by atoms with Crippen LogP contribution < -0.4 is 10.2 Å². The molecule has 1 saturated heterocycles. The lowest BCUT2D eigenvalue weighted by Crippen LogP contribution is -2.36. The van der Waals surface area contributed by atoms with E-state index in [-0.39, 0.29) is 0 Å². The van der Waals surface area contributed by atoms with Gasteiger partial charge in [0.15, 0.2) is 0 Å². The van der Waals surface area contributed by atoms with Crippen molar-refractivity contribution in [3.8, 4) is 0 Å². The van der Waals surface area contributed by atoms with Crippen LogP contribution in [0.25, 0.3) is 0 Å². The molecule has 0 amide bonds. The molecule has 0 aliphatic carbocycles. The average Bonchev–Trinajstić information content (AvgIpc) is 2.92. The third kappa shape index (κ3) is 3.29. The van der Waals surface area contributed by atoms with E-state index < -0.39 is 0 Å². The number of hydrogen-bond acceptors (Lipinski definition) is 5. The Hall–Kier alpha value is -1.59. The van der Waals surface area contributed by atoms with Crippen molar-refractivity contribution in [3.63, 3.8) is 0 Å². The lowest BCUT2D eigenvalue weighted by molar-refractivity contribution is 0.122. The predicted octanol–water partition coefficient (Wildman–Crippen LogP) is 2.90. The van der Waals surface area contributed by atoms with Gasteiger partial charge in [-0.2, -0.15) is 0 Å². The van der Waals surface area contributed by atoms with Crippen LogP contribution in [0.2, 0.25) is 0 Å². The minimum Gasteiger partial charge on any atom is -0.379 e. The second kappa shape index (κ2) is 6.24. The van der Waals surface area contributed by atoms with E-state index in [1.165, 1.54) is 9.75 Å². The number of aryl methyl sites for hydroxylation is 1. The van der Waals surface area contributed by atoms with Gasteiger partial charge in [0.05, 0.1) is 25.1 Å². The molecule has 0 unspecified atom stereocenters. The quantitative estimate of drug-likeness (QED) is 0.939. The summed E-state index contributed by atoms with van der Waals surface area (Å²) in [6.45, 7) is 6.42. The number of nitrogens with zero attached hydrogens (tertiary/aromatic N) is 2. The highest BCUT2D eigenvalue weighted by molar-refractivity contribution is 7.11. The molecule has 1 aliphatic heterocycles. The van der Waals surface area contributed by atoms with Crippen molar-refractivity contribution < 1.29 is 4.74 Å². The Bertz CT molecular complexity index is 547. The lowest BCUT2D eigenvalue weighted by Gasteiger charge is -2.27. The highest BCUT2D eigenvalue weighted by atomic mass is 32.1. The fraction of sp³-hybridized carbons (Fsp3) is 0.400. The van der Waals surface area contributed by atoms with Crippen LogP contribution in [0.1, 0.15) is 9.75 Å². The Morgan fingerprint density at radius 3 is 2.75 bits per heavy atom. The molecule has 2 aromatic heterocycles. The molecule has 0 atom stereocenters. The molecular weight excluding hydrogens is 270 g/mol. The predicted molar refractivity (Wildman–Crippen MR) is 83.7 cm³/mol. The van der Waals surface area contributed by atoms with Gasteiger partial charge in [0.1, 0.15) is 5.82 Å². The van der Waals surface area contributed by atoms with Gasteiger partial charge in [-0.15, -0.1) is 11.3 Å². The Morgan fingerprint density at radius 2 is 2.10 bits per heavy atom. The molecule has 1 N–H and O–H groups in total. The third-order valence-corrected chi connectivity index (χ3v) is 4.35. The first-order chi connectivity index (χ1) is 9.81. The zero-order valence-electron chi connectivity index (χ0n) is 11.6. The number of anilines is 2. The van der Waals surface area contributed by atoms with Gasteiger partial charge >= 0.3 is 0 Å². The molecule has 20 heavy (non-hydrogen) atoms. The second-order valence-corrected chi connectivity index (χ2v) is 6.24. The third-order valence-electron chi connectivity index (χ3n) is 3.35. The molecule has 0 saturated carbocycles. The van der Waals surface area contributed by atoms with Gasteiger partial charge in [0.2, 0.25) is 0 Å². The maximum Gasteiger partial charge on any atom is 0.128 e. The molecule has 3 rings (SSSR count). The number of thiophene rings is 1. The molecule has 0 spiro atoms. The van der Waals surface area contributed by atoms with Crippen molar-refractivity contribution >= 4 is 22.8 Å². The highest BCUT2D eigenvalue weighted by Gasteiger charge is 2.11. The molecule has 0 radical (unpaired) electrons. The summed E-state index contributed by atoms with van der Waals surface area (Å²) in [4.78, 5) is 9.49. The van der Waals surface area contributed by atoms with Crippen molar-refractivity contribution in [3.05, 3.63) is 40.2 Å². The zero-order chi connectivity index (χ0) is 13.8. The summed E-state index contributed by atoms with van der Waals surface area (Å²) < 4.78 is 5.35. The molecule has 3 heterocycles. The molecular formula is C15H19N3OS. The van der Waals surface area contributed by atoms with Crippen LogP contribution >= 0.6 is 11.3 Å². The van der Waals surface area contributed by atoms with Crippen molar-refractivity contribution in [1.82, 2.24) is 4.98 Å². The van der Waals surface area contributed by atoms with Crippen LogP contribution in [0.4, 0.5) is 11.5 Å². The van der Waals surface area contributed by atoms with Crippen LogP contribution in [-0.4, -0.2) is 31.3 Å². The maximum absolute atomic E-state index is 5.35. The number of pyridine rings is 1. The average molecular weight is 289 g/mol. The zero-order valence-corrected chi connectivity index (χ0v) is 12.4. The number of nitrogens with one attached hydrogen (secondary N) is 1. The number of rotatable bonds is 4. The van der Waals surface area contributed by atoms with Gasteiger partial charge < -0.3 is 15.0 Å². The highest BCUT2D eigenvalue weighted by Crippen LogP contribution is 2.18. The largest absolute Gasteiger partial charge is 0.379 e. The number of aromatic nitrogens is 1. The molecule has 106 valence electrons. The van der Waals surface area contributed by atoms with Crippen molar-refractivity contribution in [2.24, 2.45) is 0 Å². The second-order valence-electron chi connectivity index (χ2n) is 4.87. The van der Waals surface area contributed by atoms with Crippen molar-refractivity contribution in [2.45, 2.75) is 13.5 Å². The minimum absolute atomic E-state index is 0.791. The number of hydrogen-bond donors (Lipinski definition) is 1. The Morgan fingerprint density at radius 1 is 1.25 bits per heavy atom.